The lowest BCUT2D eigenvalue weighted by Gasteiger charge is -2.08. The summed E-state index contributed by atoms with van der Waals surface area (Å²) in [7, 11) is 0. The molecule has 1 aromatic heterocycles. The number of aromatic nitrogens is 3. The van der Waals surface area contributed by atoms with Crippen LogP contribution in [-0.2, 0) is 6.54 Å². The fourth-order valence-corrected chi connectivity index (χ4v) is 2.46. The average molecular weight is 246 g/mol. The highest BCUT2D eigenvalue weighted by atomic mass is 32.2. The average Bonchev–Trinajstić information content (AvgIpc) is 3.05. The smallest absolute Gasteiger partial charge is 0.188 e. The van der Waals surface area contributed by atoms with Crippen LogP contribution in [0, 0.1) is 0 Å². The normalized spacial score (nSPS) is 15.1. The molecule has 1 aromatic carbocycles. The molecule has 0 saturated heterocycles. The SMILES string of the molecule is c1ccc(Sc2ncn[nH]2)c(CNC2CC2)c1. The highest BCUT2D eigenvalue weighted by Crippen LogP contribution is 2.28. The Labute approximate surface area is 104 Å². The van der Waals surface area contributed by atoms with Gasteiger partial charge in [-0.15, -0.1) is 0 Å². The van der Waals surface area contributed by atoms with E-state index in [-0.39, 0.29) is 0 Å². The molecule has 5 heteroatoms. The Kier molecular flexibility index (Phi) is 3.11. The predicted molar refractivity (Wildman–Crippen MR) is 66.8 cm³/mol. The third-order valence-electron chi connectivity index (χ3n) is 2.73. The molecule has 17 heavy (non-hydrogen) atoms. The van der Waals surface area contributed by atoms with Crippen LogP contribution in [0.3, 0.4) is 0 Å². The number of nitrogens with one attached hydrogen (secondary N) is 2. The minimum atomic E-state index is 0.735. The minimum Gasteiger partial charge on any atom is -0.310 e. The van der Waals surface area contributed by atoms with Gasteiger partial charge < -0.3 is 5.32 Å². The third kappa shape index (κ3) is 2.87. The van der Waals surface area contributed by atoms with Crippen LogP contribution in [0.1, 0.15) is 18.4 Å². The fourth-order valence-electron chi connectivity index (χ4n) is 1.64. The van der Waals surface area contributed by atoms with Crippen LogP contribution >= 0.6 is 11.8 Å². The van der Waals surface area contributed by atoms with Crippen molar-refractivity contribution in [3.63, 3.8) is 0 Å². The Hall–Kier alpha value is -1.33. The molecule has 2 aromatic rings. The van der Waals surface area contributed by atoms with Crippen molar-refractivity contribution in [3.05, 3.63) is 36.2 Å². The number of nitrogens with zero attached hydrogens (tertiary/aromatic N) is 2. The molecule has 88 valence electrons. The van der Waals surface area contributed by atoms with Gasteiger partial charge in [-0.25, -0.2) is 4.98 Å². The summed E-state index contributed by atoms with van der Waals surface area (Å²) in [5.41, 5.74) is 1.32. The number of rotatable bonds is 5. The zero-order valence-corrected chi connectivity index (χ0v) is 10.2. The monoisotopic (exact) mass is 246 g/mol. The number of hydrogen-bond donors (Lipinski definition) is 2. The summed E-state index contributed by atoms with van der Waals surface area (Å²) in [5.74, 6) is 0. The second-order valence-electron chi connectivity index (χ2n) is 4.16. The van der Waals surface area contributed by atoms with E-state index in [0.29, 0.717) is 0 Å². The summed E-state index contributed by atoms with van der Waals surface area (Å²) in [6.45, 7) is 0.933. The summed E-state index contributed by atoms with van der Waals surface area (Å²) in [6.07, 6.45) is 4.17. The van der Waals surface area contributed by atoms with Gasteiger partial charge in [0.25, 0.3) is 0 Å². The molecule has 2 N–H and O–H groups in total. The van der Waals surface area contributed by atoms with Gasteiger partial charge in [-0.1, -0.05) is 30.0 Å². The fraction of sp³-hybridized carbons (Fsp3) is 0.333. The number of hydrogen-bond acceptors (Lipinski definition) is 4. The molecule has 1 heterocycles. The molecular weight excluding hydrogens is 232 g/mol. The molecule has 0 atom stereocenters. The highest BCUT2D eigenvalue weighted by Gasteiger charge is 2.20. The molecule has 0 spiro atoms. The Morgan fingerprint density at radius 2 is 2.24 bits per heavy atom. The summed E-state index contributed by atoms with van der Waals surface area (Å²) >= 11 is 1.62. The van der Waals surface area contributed by atoms with E-state index < -0.39 is 0 Å². The summed E-state index contributed by atoms with van der Waals surface area (Å²) in [4.78, 5) is 5.37. The van der Waals surface area contributed by atoms with E-state index in [1.165, 1.54) is 29.6 Å². The first kappa shape index (κ1) is 10.8. The molecule has 1 fully saturated rings. The molecule has 0 amide bonds. The quantitative estimate of drug-likeness (QED) is 0.849. The van der Waals surface area contributed by atoms with E-state index in [1.807, 2.05) is 0 Å². The van der Waals surface area contributed by atoms with Crippen molar-refractivity contribution in [1.82, 2.24) is 20.5 Å². The zero-order valence-electron chi connectivity index (χ0n) is 9.39. The lowest BCUT2D eigenvalue weighted by molar-refractivity contribution is 0.680. The molecule has 3 rings (SSSR count). The van der Waals surface area contributed by atoms with Gasteiger partial charge >= 0.3 is 0 Å². The number of benzene rings is 1. The van der Waals surface area contributed by atoms with Crippen molar-refractivity contribution in [3.8, 4) is 0 Å². The number of aromatic amines is 1. The van der Waals surface area contributed by atoms with Crippen LogP contribution in [0.25, 0.3) is 0 Å². The predicted octanol–water partition coefficient (Wildman–Crippen LogP) is 2.21. The van der Waals surface area contributed by atoms with E-state index in [0.717, 1.165) is 17.7 Å². The van der Waals surface area contributed by atoms with Crippen molar-refractivity contribution in [2.45, 2.75) is 35.5 Å². The minimum absolute atomic E-state index is 0.735. The Balaban J connectivity index is 1.72. The molecule has 0 bridgehead atoms. The van der Waals surface area contributed by atoms with Crippen LogP contribution in [0.2, 0.25) is 0 Å². The van der Waals surface area contributed by atoms with E-state index in [2.05, 4.69) is 44.8 Å². The highest BCUT2D eigenvalue weighted by molar-refractivity contribution is 7.99. The maximum atomic E-state index is 4.14. The second kappa shape index (κ2) is 4.89. The maximum Gasteiger partial charge on any atom is 0.188 e. The first-order valence-electron chi connectivity index (χ1n) is 5.76. The Morgan fingerprint density at radius 1 is 1.35 bits per heavy atom. The third-order valence-corrected chi connectivity index (χ3v) is 3.74. The Morgan fingerprint density at radius 3 is 3.00 bits per heavy atom. The van der Waals surface area contributed by atoms with Gasteiger partial charge in [0.05, 0.1) is 0 Å². The van der Waals surface area contributed by atoms with Crippen LogP contribution < -0.4 is 5.32 Å². The van der Waals surface area contributed by atoms with Gasteiger partial charge in [0.2, 0.25) is 0 Å². The molecule has 1 saturated carbocycles. The summed E-state index contributed by atoms with van der Waals surface area (Å²) in [5, 5.41) is 11.1. The van der Waals surface area contributed by atoms with Gasteiger partial charge in [-0.05, 0) is 24.5 Å². The van der Waals surface area contributed by atoms with Crippen molar-refractivity contribution < 1.29 is 0 Å². The van der Waals surface area contributed by atoms with Crippen LogP contribution in [-0.4, -0.2) is 21.2 Å². The largest absolute Gasteiger partial charge is 0.310 e. The summed E-state index contributed by atoms with van der Waals surface area (Å²) < 4.78 is 0. The molecule has 1 aliphatic rings. The molecule has 0 aliphatic heterocycles. The van der Waals surface area contributed by atoms with Gasteiger partial charge in [0.15, 0.2) is 5.16 Å². The lowest BCUT2D eigenvalue weighted by atomic mass is 10.2. The molecule has 0 unspecified atom stereocenters. The Bertz CT molecular complexity index is 479. The van der Waals surface area contributed by atoms with E-state index in [9.17, 15) is 0 Å². The first-order valence-corrected chi connectivity index (χ1v) is 6.58. The number of H-pyrrole nitrogens is 1. The van der Waals surface area contributed by atoms with Crippen molar-refractivity contribution in [2.24, 2.45) is 0 Å². The second-order valence-corrected chi connectivity index (χ2v) is 5.19. The topological polar surface area (TPSA) is 53.6 Å². The molecule has 1 aliphatic carbocycles. The van der Waals surface area contributed by atoms with Crippen molar-refractivity contribution >= 4 is 11.8 Å². The van der Waals surface area contributed by atoms with Crippen LogP contribution in [0.4, 0.5) is 0 Å². The van der Waals surface area contributed by atoms with Crippen LogP contribution in [0.15, 0.2) is 40.6 Å². The van der Waals surface area contributed by atoms with E-state index in [1.54, 1.807) is 11.8 Å². The first-order chi connectivity index (χ1) is 8.42. The van der Waals surface area contributed by atoms with Gasteiger partial charge in [0, 0.05) is 17.5 Å². The van der Waals surface area contributed by atoms with Gasteiger partial charge in [-0.3, -0.25) is 5.10 Å². The van der Waals surface area contributed by atoms with Crippen molar-refractivity contribution in [1.29, 1.82) is 0 Å². The maximum absolute atomic E-state index is 4.14. The van der Waals surface area contributed by atoms with Gasteiger partial charge in [0.1, 0.15) is 6.33 Å². The van der Waals surface area contributed by atoms with Crippen LogP contribution in [0.5, 0.6) is 0 Å². The van der Waals surface area contributed by atoms with E-state index in [4.69, 9.17) is 0 Å². The molecule has 4 nitrogen and oxygen atoms in total. The molecule has 0 radical (unpaired) electrons. The zero-order chi connectivity index (χ0) is 11.5. The van der Waals surface area contributed by atoms with E-state index >= 15 is 0 Å². The summed E-state index contributed by atoms with van der Waals surface area (Å²) in [6, 6.07) is 9.15. The lowest BCUT2D eigenvalue weighted by Crippen LogP contribution is -2.15. The van der Waals surface area contributed by atoms with Gasteiger partial charge in [-0.2, -0.15) is 5.10 Å². The standard InChI is InChI=1S/C12H14N4S/c1-2-4-11(17-12-14-8-15-16-12)9(3-1)7-13-10-5-6-10/h1-4,8,10,13H,5-7H2,(H,14,15,16). The van der Waals surface area contributed by atoms with Crippen molar-refractivity contribution in [2.75, 3.05) is 0 Å². The molecular formula is C12H14N4S.